The van der Waals surface area contributed by atoms with Crippen LogP contribution in [0.1, 0.15) is 19.3 Å². The summed E-state index contributed by atoms with van der Waals surface area (Å²) in [6.07, 6.45) is 6.33. The zero-order valence-electron chi connectivity index (χ0n) is 9.97. The molecule has 1 aliphatic rings. The third-order valence-corrected chi connectivity index (χ3v) is 6.11. The van der Waals surface area contributed by atoms with E-state index in [2.05, 4.69) is 16.0 Å². The molecule has 7 heteroatoms. The second-order valence-electron chi connectivity index (χ2n) is 4.28. The van der Waals surface area contributed by atoms with Crippen LogP contribution in [0, 0.1) is 0 Å². The Hall–Kier alpha value is -0.300. The highest BCUT2D eigenvalue weighted by atomic mass is 35.5. The Morgan fingerprint density at radius 1 is 1.50 bits per heavy atom. The number of rotatable bonds is 4. The topological polar surface area (TPSA) is 59.1 Å². The van der Waals surface area contributed by atoms with Gasteiger partial charge in [-0.2, -0.15) is 11.8 Å². The fourth-order valence-corrected chi connectivity index (χ4v) is 4.65. The van der Waals surface area contributed by atoms with Crippen LogP contribution >= 0.6 is 23.4 Å². The lowest BCUT2D eigenvalue weighted by atomic mass is 10.3. The average Bonchev–Trinajstić information content (AvgIpc) is 2.76. The van der Waals surface area contributed by atoms with Crippen molar-refractivity contribution in [2.45, 2.75) is 35.4 Å². The maximum Gasteiger partial charge on any atom is 0.243 e. The van der Waals surface area contributed by atoms with Crippen molar-refractivity contribution in [3.05, 3.63) is 23.5 Å². The largest absolute Gasteiger partial charge is 0.243 e. The first-order valence-corrected chi connectivity index (χ1v) is 8.83. The summed E-state index contributed by atoms with van der Waals surface area (Å²) in [4.78, 5) is 3.85. The third-order valence-electron chi connectivity index (χ3n) is 3.05. The van der Waals surface area contributed by atoms with Crippen molar-refractivity contribution >= 4 is 33.4 Å². The minimum Gasteiger partial charge on any atom is -0.243 e. The molecule has 1 saturated carbocycles. The summed E-state index contributed by atoms with van der Waals surface area (Å²) in [5, 5.41) is 0.562. The number of nitrogens with one attached hydrogen (secondary N) is 1. The highest BCUT2D eigenvalue weighted by Gasteiger charge is 2.29. The minimum absolute atomic E-state index is 0.00345. The molecule has 0 aromatic carbocycles. The van der Waals surface area contributed by atoms with Crippen molar-refractivity contribution in [1.82, 2.24) is 9.71 Å². The van der Waals surface area contributed by atoms with Gasteiger partial charge in [-0.3, -0.25) is 0 Å². The molecule has 2 rings (SSSR count). The standard InChI is InChI=1S/C11H15ClN2O2S2/c1-17-9-5-4-8(7-9)14-18(15,16)10-3-2-6-13-11(10)12/h2-3,6,8-9,14H,4-5,7H2,1H3. The maximum atomic E-state index is 12.2. The summed E-state index contributed by atoms with van der Waals surface area (Å²) in [5.41, 5.74) is 0. The average molecular weight is 307 g/mol. The number of hydrogen-bond donors (Lipinski definition) is 1. The number of pyridine rings is 1. The molecule has 0 saturated heterocycles. The van der Waals surface area contributed by atoms with Gasteiger partial charge in [-0.05, 0) is 37.7 Å². The SMILES string of the molecule is CSC1CCC(NS(=O)(=O)c2cccnc2Cl)C1. The van der Waals surface area contributed by atoms with Gasteiger partial charge in [0.1, 0.15) is 10.0 Å². The van der Waals surface area contributed by atoms with Crippen LogP contribution in [0.25, 0.3) is 0 Å². The van der Waals surface area contributed by atoms with Gasteiger partial charge < -0.3 is 0 Å². The quantitative estimate of drug-likeness (QED) is 0.867. The van der Waals surface area contributed by atoms with Crippen LogP contribution in [0.15, 0.2) is 23.2 Å². The molecule has 1 aromatic rings. The second kappa shape index (κ2) is 5.77. The Balaban J connectivity index is 2.11. The van der Waals surface area contributed by atoms with Crippen molar-refractivity contribution in [2.75, 3.05) is 6.26 Å². The smallest absolute Gasteiger partial charge is 0.243 e. The van der Waals surface area contributed by atoms with Crippen LogP contribution in [0.5, 0.6) is 0 Å². The summed E-state index contributed by atoms with van der Waals surface area (Å²) in [6.45, 7) is 0. The molecule has 2 unspecified atom stereocenters. The highest BCUT2D eigenvalue weighted by Crippen LogP contribution is 2.29. The summed E-state index contributed by atoms with van der Waals surface area (Å²) < 4.78 is 27.0. The molecule has 1 heterocycles. The van der Waals surface area contributed by atoms with Gasteiger partial charge in [0.2, 0.25) is 10.0 Å². The monoisotopic (exact) mass is 306 g/mol. The van der Waals surface area contributed by atoms with Gasteiger partial charge in [-0.15, -0.1) is 0 Å². The zero-order valence-corrected chi connectivity index (χ0v) is 12.4. The summed E-state index contributed by atoms with van der Waals surface area (Å²) >= 11 is 7.60. The molecule has 18 heavy (non-hydrogen) atoms. The molecule has 1 N–H and O–H groups in total. The first kappa shape index (κ1) is 14.1. The molecule has 2 atom stereocenters. The number of halogens is 1. The van der Waals surface area contributed by atoms with E-state index in [1.165, 1.54) is 12.3 Å². The van der Waals surface area contributed by atoms with Gasteiger partial charge in [0.05, 0.1) is 0 Å². The highest BCUT2D eigenvalue weighted by molar-refractivity contribution is 7.99. The van der Waals surface area contributed by atoms with Gasteiger partial charge in [-0.25, -0.2) is 18.1 Å². The minimum atomic E-state index is -3.56. The van der Waals surface area contributed by atoms with Crippen LogP contribution in [0.2, 0.25) is 5.15 Å². The van der Waals surface area contributed by atoms with Crippen LogP contribution in [-0.4, -0.2) is 30.9 Å². The number of aromatic nitrogens is 1. The summed E-state index contributed by atoms with van der Waals surface area (Å²) in [7, 11) is -3.56. The Bertz CT molecular complexity index is 522. The molecule has 0 spiro atoms. The Morgan fingerprint density at radius 3 is 2.89 bits per heavy atom. The van der Waals surface area contributed by atoms with Crippen molar-refractivity contribution < 1.29 is 8.42 Å². The van der Waals surface area contributed by atoms with E-state index in [0.29, 0.717) is 5.25 Å². The van der Waals surface area contributed by atoms with E-state index < -0.39 is 10.0 Å². The van der Waals surface area contributed by atoms with E-state index in [0.717, 1.165) is 19.3 Å². The normalized spacial score (nSPS) is 24.3. The molecule has 0 aliphatic heterocycles. The van der Waals surface area contributed by atoms with Crippen molar-refractivity contribution in [2.24, 2.45) is 0 Å². The lowest BCUT2D eigenvalue weighted by Gasteiger charge is -2.13. The lowest BCUT2D eigenvalue weighted by molar-refractivity contribution is 0.552. The Kier molecular flexibility index (Phi) is 4.53. The van der Waals surface area contributed by atoms with E-state index in [9.17, 15) is 8.42 Å². The van der Waals surface area contributed by atoms with Crippen LogP contribution in [0.3, 0.4) is 0 Å². The Morgan fingerprint density at radius 2 is 2.28 bits per heavy atom. The molecule has 1 fully saturated rings. The molecule has 1 aliphatic carbocycles. The van der Waals surface area contributed by atoms with Gasteiger partial charge in [-0.1, -0.05) is 11.6 Å². The first-order valence-electron chi connectivity index (χ1n) is 5.68. The van der Waals surface area contributed by atoms with Gasteiger partial charge in [0, 0.05) is 17.5 Å². The van der Waals surface area contributed by atoms with Gasteiger partial charge in [0.15, 0.2) is 0 Å². The molecule has 4 nitrogen and oxygen atoms in total. The van der Waals surface area contributed by atoms with Crippen molar-refractivity contribution in [3.8, 4) is 0 Å². The number of hydrogen-bond acceptors (Lipinski definition) is 4. The number of thioether (sulfide) groups is 1. The molecular weight excluding hydrogens is 292 g/mol. The first-order chi connectivity index (χ1) is 8.53. The van der Waals surface area contributed by atoms with E-state index in [1.54, 1.807) is 17.8 Å². The van der Waals surface area contributed by atoms with Gasteiger partial charge in [0.25, 0.3) is 0 Å². The predicted molar refractivity (Wildman–Crippen MR) is 74.5 cm³/mol. The molecule has 1 aromatic heterocycles. The van der Waals surface area contributed by atoms with E-state index >= 15 is 0 Å². The number of sulfonamides is 1. The van der Waals surface area contributed by atoms with Crippen LogP contribution in [0.4, 0.5) is 0 Å². The van der Waals surface area contributed by atoms with Gasteiger partial charge >= 0.3 is 0 Å². The maximum absolute atomic E-state index is 12.2. The third kappa shape index (κ3) is 3.17. The zero-order chi connectivity index (χ0) is 13.2. The fourth-order valence-electron chi connectivity index (χ4n) is 2.12. The second-order valence-corrected chi connectivity index (χ2v) is 7.46. The van der Waals surface area contributed by atoms with Crippen molar-refractivity contribution in [1.29, 1.82) is 0 Å². The molecule has 0 radical (unpaired) electrons. The molecule has 0 bridgehead atoms. The number of nitrogens with zero attached hydrogens (tertiary/aromatic N) is 1. The van der Waals surface area contributed by atoms with E-state index in [1.807, 2.05) is 0 Å². The van der Waals surface area contributed by atoms with Crippen LogP contribution in [-0.2, 0) is 10.0 Å². The molecule has 0 amide bonds. The fraction of sp³-hybridized carbons (Fsp3) is 0.545. The lowest BCUT2D eigenvalue weighted by Crippen LogP contribution is -2.33. The predicted octanol–water partition coefficient (Wildman–Crippen LogP) is 2.30. The molecular formula is C11H15ClN2O2S2. The van der Waals surface area contributed by atoms with Crippen molar-refractivity contribution in [3.63, 3.8) is 0 Å². The molecule has 100 valence electrons. The Labute approximate surface area is 117 Å². The van der Waals surface area contributed by atoms with Crippen LogP contribution < -0.4 is 4.72 Å². The van der Waals surface area contributed by atoms with E-state index in [4.69, 9.17) is 11.6 Å². The van der Waals surface area contributed by atoms with E-state index in [-0.39, 0.29) is 16.1 Å². The summed E-state index contributed by atoms with van der Waals surface area (Å²) in [6, 6.07) is 3.04. The summed E-state index contributed by atoms with van der Waals surface area (Å²) in [5.74, 6) is 0.